The first kappa shape index (κ1) is 25.6. The van der Waals surface area contributed by atoms with Gasteiger partial charge in [-0.3, -0.25) is 29.9 Å². The van der Waals surface area contributed by atoms with E-state index in [1.54, 1.807) is 6.07 Å². The minimum absolute atomic E-state index is 0.0424. The Bertz CT molecular complexity index is 949. The number of nitrogens with zero attached hydrogens (tertiary/aromatic N) is 3. The van der Waals surface area contributed by atoms with Crippen molar-refractivity contribution in [3.05, 3.63) is 33.9 Å². The summed E-state index contributed by atoms with van der Waals surface area (Å²) in [5, 5.41) is 13.9. The molecule has 9 nitrogen and oxygen atoms in total. The van der Waals surface area contributed by atoms with Gasteiger partial charge >= 0.3 is 6.03 Å². The van der Waals surface area contributed by atoms with Gasteiger partial charge in [0.1, 0.15) is 0 Å². The lowest BCUT2D eigenvalue weighted by molar-refractivity contribution is -0.384. The number of nitro benzene ring substituents is 1. The van der Waals surface area contributed by atoms with E-state index in [9.17, 15) is 24.5 Å². The summed E-state index contributed by atoms with van der Waals surface area (Å²) in [6, 6.07) is 3.58. The number of benzene rings is 1. The van der Waals surface area contributed by atoms with Crippen LogP contribution < -0.4 is 10.2 Å². The summed E-state index contributed by atoms with van der Waals surface area (Å²) in [6.45, 7) is 7.05. The number of urea groups is 1. The van der Waals surface area contributed by atoms with Crippen molar-refractivity contribution in [3.63, 3.8) is 0 Å². The van der Waals surface area contributed by atoms with Crippen LogP contribution in [0, 0.1) is 15.5 Å². The standard InChI is InChI=1S/C25H36N4O5/c1-4-7-9-10-15-28-23(31)25(22(30)26-24(28)32)17-18-16-19(29(33)34)12-13-20(18)27(14-8-5-2)21(25)11-6-3/h12-13,16,21H,4-11,14-15,17H2,1-3H3,(H,26,30,32)/t21-,25+/m1/s1. The van der Waals surface area contributed by atoms with Crippen molar-refractivity contribution < 1.29 is 19.3 Å². The number of unbranched alkanes of at least 4 members (excludes halogenated alkanes) is 4. The highest BCUT2D eigenvalue weighted by molar-refractivity contribution is 6.20. The molecular weight excluding hydrogens is 436 g/mol. The Morgan fingerprint density at radius 2 is 1.76 bits per heavy atom. The molecule has 2 aliphatic rings. The Morgan fingerprint density at radius 1 is 1.03 bits per heavy atom. The van der Waals surface area contributed by atoms with Gasteiger partial charge in [0.25, 0.3) is 5.69 Å². The van der Waals surface area contributed by atoms with E-state index >= 15 is 0 Å². The minimum atomic E-state index is -1.50. The smallest absolute Gasteiger partial charge is 0.330 e. The van der Waals surface area contributed by atoms with Crippen LogP contribution in [-0.2, 0) is 16.0 Å². The third-order valence-corrected chi connectivity index (χ3v) is 7.05. The molecule has 34 heavy (non-hydrogen) atoms. The quantitative estimate of drug-likeness (QED) is 0.218. The molecule has 9 heteroatoms. The molecule has 1 aromatic rings. The van der Waals surface area contributed by atoms with Gasteiger partial charge in [-0.15, -0.1) is 0 Å². The maximum absolute atomic E-state index is 14.0. The fourth-order valence-electron chi connectivity index (χ4n) is 5.30. The SMILES string of the molecule is CCCCCCN1C(=O)NC(=O)[C@@]2(Cc3cc([N+](=O)[O-])ccc3N(CCCC)[C@@H]2CCC)C1=O. The average Bonchev–Trinajstić information content (AvgIpc) is 2.81. The number of carbonyl (C=O) groups excluding carboxylic acids is 3. The maximum Gasteiger partial charge on any atom is 0.330 e. The van der Waals surface area contributed by atoms with E-state index in [2.05, 4.69) is 24.1 Å². The van der Waals surface area contributed by atoms with E-state index in [1.807, 2.05) is 6.92 Å². The molecule has 1 N–H and O–H groups in total. The lowest BCUT2D eigenvalue weighted by atomic mass is 9.67. The van der Waals surface area contributed by atoms with Gasteiger partial charge in [0.2, 0.25) is 11.8 Å². The topological polar surface area (TPSA) is 113 Å². The highest BCUT2D eigenvalue weighted by Gasteiger charge is 2.61. The number of fused-ring (bicyclic) bond motifs is 1. The predicted molar refractivity (Wildman–Crippen MR) is 130 cm³/mol. The Labute approximate surface area is 201 Å². The second-order valence-corrected chi connectivity index (χ2v) is 9.35. The van der Waals surface area contributed by atoms with Crippen LogP contribution in [-0.4, -0.2) is 46.8 Å². The molecular formula is C25H36N4O5. The highest BCUT2D eigenvalue weighted by atomic mass is 16.6. The summed E-state index contributed by atoms with van der Waals surface area (Å²) >= 11 is 0. The van der Waals surface area contributed by atoms with Crippen molar-refractivity contribution in [1.29, 1.82) is 0 Å². The van der Waals surface area contributed by atoms with Gasteiger partial charge in [0.05, 0.1) is 11.0 Å². The van der Waals surface area contributed by atoms with Gasteiger partial charge in [0.15, 0.2) is 5.41 Å². The largest absolute Gasteiger partial charge is 0.367 e. The van der Waals surface area contributed by atoms with Crippen molar-refractivity contribution in [1.82, 2.24) is 10.2 Å². The zero-order chi connectivity index (χ0) is 24.9. The van der Waals surface area contributed by atoms with E-state index in [0.29, 0.717) is 24.9 Å². The molecule has 1 fully saturated rings. The molecule has 0 unspecified atom stereocenters. The number of carbonyl (C=O) groups is 3. The number of nitro groups is 1. The number of rotatable bonds is 11. The molecule has 0 bridgehead atoms. The fraction of sp³-hybridized carbons (Fsp3) is 0.640. The summed E-state index contributed by atoms with van der Waals surface area (Å²) in [6.07, 6.45) is 6.77. The molecule has 186 valence electrons. The Morgan fingerprint density at radius 3 is 2.41 bits per heavy atom. The number of nitrogens with one attached hydrogen (secondary N) is 1. The molecule has 0 radical (unpaired) electrons. The number of hydrogen-bond donors (Lipinski definition) is 1. The van der Waals surface area contributed by atoms with Crippen LogP contribution in [0.1, 0.15) is 77.7 Å². The molecule has 0 aliphatic carbocycles. The van der Waals surface area contributed by atoms with E-state index < -0.39 is 34.2 Å². The van der Waals surface area contributed by atoms with Gasteiger partial charge in [-0.2, -0.15) is 0 Å². The lowest BCUT2D eigenvalue weighted by Gasteiger charge is -2.52. The highest BCUT2D eigenvalue weighted by Crippen LogP contribution is 2.47. The number of hydrogen-bond acceptors (Lipinski definition) is 6. The lowest BCUT2D eigenvalue weighted by Crippen LogP contribution is -2.72. The predicted octanol–water partition coefficient (Wildman–Crippen LogP) is 4.57. The normalized spacial score (nSPS) is 22.2. The zero-order valence-corrected chi connectivity index (χ0v) is 20.5. The Balaban J connectivity index is 2.10. The third-order valence-electron chi connectivity index (χ3n) is 7.05. The van der Waals surface area contributed by atoms with Crippen molar-refractivity contribution in [2.45, 2.75) is 84.6 Å². The van der Waals surface area contributed by atoms with Gasteiger partial charge < -0.3 is 4.90 Å². The molecule has 1 aromatic carbocycles. The minimum Gasteiger partial charge on any atom is -0.367 e. The molecule has 1 saturated heterocycles. The second kappa shape index (κ2) is 11.0. The second-order valence-electron chi connectivity index (χ2n) is 9.35. The molecule has 1 spiro atoms. The van der Waals surface area contributed by atoms with Crippen LogP contribution in [0.5, 0.6) is 0 Å². The van der Waals surface area contributed by atoms with Crippen LogP contribution in [0.2, 0.25) is 0 Å². The first-order chi connectivity index (χ1) is 16.3. The van der Waals surface area contributed by atoms with Crippen LogP contribution in [0.3, 0.4) is 0 Å². The van der Waals surface area contributed by atoms with Crippen LogP contribution in [0.25, 0.3) is 0 Å². The summed E-state index contributed by atoms with van der Waals surface area (Å²) in [4.78, 5) is 54.5. The number of anilines is 1. The molecule has 0 saturated carbocycles. The number of imide groups is 2. The number of amides is 4. The van der Waals surface area contributed by atoms with Gasteiger partial charge in [-0.05, 0) is 30.9 Å². The van der Waals surface area contributed by atoms with Crippen molar-refractivity contribution in [3.8, 4) is 0 Å². The summed E-state index contributed by atoms with van der Waals surface area (Å²) < 4.78 is 0. The van der Waals surface area contributed by atoms with Crippen molar-refractivity contribution in [2.24, 2.45) is 5.41 Å². The maximum atomic E-state index is 14.0. The van der Waals surface area contributed by atoms with E-state index in [0.717, 1.165) is 44.2 Å². The Hall–Kier alpha value is -2.97. The average molecular weight is 473 g/mol. The molecule has 2 heterocycles. The monoisotopic (exact) mass is 472 g/mol. The van der Waals surface area contributed by atoms with Crippen LogP contribution >= 0.6 is 0 Å². The molecule has 3 rings (SSSR count). The van der Waals surface area contributed by atoms with Crippen LogP contribution in [0.15, 0.2) is 18.2 Å². The van der Waals surface area contributed by atoms with Crippen LogP contribution in [0.4, 0.5) is 16.2 Å². The summed E-state index contributed by atoms with van der Waals surface area (Å²) in [7, 11) is 0. The first-order valence-corrected chi connectivity index (χ1v) is 12.5. The molecule has 2 aliphatic heterocycles. The number of non-ortho nitro benzene ring substituents is 1. The Kier molecular flexibility index (Phi) is 8.28. The third kappa shape index (κ3) is 4.65. The van der Waals surface area contributed by atoms with Gasteiger partial charge in [-0.25, -0.2) is 4.79 Å². The van der Waals surface area contributed by atoms with E-state index in [4.69, 9.17) is 0 Å². The zero-order valence-electron chi connectivity index (χ0n) is 20.5. The molecule has 4 amide bonds. The first-order valence-electron chi connectivity index (χ1n) is 12.5. The number of barbiturate groups is 1. The van der Waals surface area contributed by atoms with E-state index in [-0.39, 0.29) is 18.7 Å². The fourth-order valence-corrected chi connectivity index (χ4v) is 5.30. The van der Waals surface area contributed by atoms with Gasteiger partial charge in [0, 0.05) is 37.3 Å². The van der Waals surface area contributed by atoms with Crippen molar-refractivity contribution >= 4 is 29.2 Å². The van der Waals surface area contributed by atoms with Gasteiger partial charge in [-0.1, -0.05) is 52.9 Å². The molecule has 2 atom stereocenters. The summed E-state index contributed by atoms with van der Waals surface area (Å²) in [5.41, 5.74) is -0.143. The van der Waals surface area contributed by atoms with Crippen molar-refractivity contribution in [2.75, 3.05) is 18.0 Å². The summed E-state index contributed by atoms with van der Waals surface area (Å²) in [5.74, 6) is -1.07. The molecule has 0 aromatic heterocycles. The van der Waals surface area contributed by atoms with E-state index in [1.165, 1.54) is 17.0 Å².